The Balaban J connectivity index is 1.79. The van der Waals surface area contributed by atoms with Crippen LogP contribution in [0.25, 0.3) is 0 Å². The van der Waals surface area contributed by atoms with Crippen molar-refractivity contribution in [1.29, 1.82) is 0 Å². The average Bonchev–Trinajstić information content (AvgIpc) is 3.12. The first-order valence-corrected chi connectivity index (χ1v) is 6.43. The molecule has 1 amide bonds. The van der Waals surface area contributed by atoms with E-state index in [9.17, 15) is 9.18 Å². The molecule has 0 spiro atoms. The highest BCUT2D eigenvalue weighted by atomic mass is 79.9. The largest absolute Gasteiger partial charge is 0.351 e. The Morgan fingerprint density at radius 1 is 1.41 bits per heavy atom. The molecule has 2 N–H and O–H groups in total. The van der Waals surface area contributed by atoms with E-state index < -0.39 is 5.82 Å². The van der Waals surface area contributed by atoms with Crippen molar-refractivity contribution in [2.75, 3.05) is 13.1 Å². The Labute approximate surface area is 108 Å². The average molecular weight is 301 g/mol. The van der Waals surface area contributed by atoms with Gasteiger partial charge in [0.05, 0.1) is 4.47 Å². The maximum absolute atomic E-state index is 13.2. The lowest BCUT2D eigenvalue weighted by Gasteiger charge is -2.06. The second-order valence-corrected chi connectivity index (χ2v) is 4.97. The topological polar surface area (TPSA) is 41.1 Å². The molecule has 1 saturated carbocycles. The molecule has 1 fully saturated rings. The molecule has 0 aromatic heterocycles. The third-order valence-corrected chi connectivity index (χ3v) is 3.25. The normalized spacial score (nSPS) is 14.7. The van der Waals surface area contributed by atoms with Crippen LogP contribution in [0.5, 0.6) is 0 Å². The Morgan fingerprint density at radius 2 is 2.18 bits per heavy atom. The summed E-state index contributed by atoms with van der Waals surface area (Å²) >= 11 is 3.05. The van der Waals surface area contributed by atoms with E-state index in [1.807, 2.05) is 0 Å². The summed E-state index contributed by atoms with van der Waals surface area (Å²) in [7, 11) is 0. The molecule has 0 bridgehead atoms. The zero-order chi connectivity index (χ0) is 12.3. The first-order chi connectivity index (χ1) is 8.16. The molecular weight excluding hydrogens is 287 g/mol. The summed E-state index contributed by atoms with van der Waals surface area (Å²) in [6.45, 7) is 1.32. The molecule has 1 aromatic rings. The predicted octanol–water partition coefficient (Wildman–Crippen LogP) is 2.07. The van der Waals surface area contributed by atoms with Crippen LogP contribution in [0.15, 0.2) is 22.7 Å². The summed E-state index contributed by atoms with van der Waals surface area (Å²) in [5, 5.41) is 6.03. The lowest BCUT2D eigenvalue weighted by atomic mass is 10.2. The van der Waals surface area contributed by atoms with Crippen LogP contribution in [-0.2, 0) is 0 Å². The van der Waals surface area contributed by atoms with Gasteiger partial charge >= 0.3 is 0 Å². The van der Waals surface area contributed by atoms with Gasteiger partial charge in [-0.1, -0.05) is 0 Å². The van der Waals surface area contributed by atoms with Crippen molar-refractivity contribution in [2.45, 2.75) is 18.9 Å². The minimum absolute atomic E-state index is 0.242. The fourth-order valence-electron chi connectivity index (χ4n) is 1.48. The van der Waals surface area contributed by atoms with Crippen molar-refractivity contribution in [3.05, 3.63) is 34.1 Å². The molecule has 0 unspecified atom stereocenters. The molecule has 0 radical (unpaired) electrons. The summed E-state index contributed by atoms with van der Waals surface area (Å²) < 4.78 is 13.6. The van der Waals surface area contributed by atoms with E-state index in [4.69, 9.17) is 0 Å². The second kappa shape index (κ2) is 5.60. The fraction of sp³-hybridized carbons (Fsp3) is 0.417. The van der Waals surface area contributed by atoms with Gasteiger partial charge in [-0.15, -0.1) is 0 Å². The summed E-state index contributed by atoms with van der Waals surface area (Å²) in [5.74, 6) is -0.664. The number of carbonyl (C=O) groups excluding carboxylic acids is 1. The van der Waals surface area contributed by atoms with Crippen molar-refractivity contribution in [3.8, 4) is 0 Å². The molecule has 0 atom stereocenters. The lowest BCUT2D eigenvalue weighted by Crippen LogP contribution is -2.32. The highest BCUT2D eigenvalue weighted by Crippen LogP contribution is 2.18. The summed E-state index contributed by atoms with van der Waals surface area (Å²) in [5.41, 5.74) is 0.345. The van der Waals surface area contributed by atoms with E-state index in [1.54, 1.807) is 6.07 Å². The summed E-state index contributed by atoms with van der Waals surface area (Å²) in [4.78, 5) is 11.6. The highest BCUT2D eigenvalue weighted by Gasteiger charge is 2.19. The number of hydrogen-bond acceptors (Lipinski definition) is 2. The first-order valence-electron chi connectivity index (χ1n) is 5.63. The van der Waals surface area contributed by atoms with Gasteiger partial charge in [0.1, 0.15) is 5.82 Å². The molecule has 1 aliphatic carbocycles. The maximum atomic E-state index is 13.2. The zero-order valence-corrected chi connectivity index (χ0v) is 10.9. The zero-order valence-electron chi connectivity index (χ0n) is 9.30. The Hall–Kier alpha value is -0.940. The standard InChI is InChI=1S/C12H14BrFN2O/c13-10-4-1-8(7-11(10)14)12(17)16-6-5-15-9-2-3-9/h1,4,7,9,15H,2-3,5-6H2,(H,16,17). The van der Waals surface area contributed by atoms with E-state index in [0.29, 0.717) is 22.6 Å². The molecule has 0 saturated heterocycles. The number of halogens is 2. The molecular formula is C12H14BrFN2O. The minimum atomic E-state index is -0.422. The highest BCUT2D eigenvalue weighted by molar-refractivity contribution is 9.10. The number of amides is 1. The summed E-state index contributed by atoms with van der Waals surface area (Å²) in [6, 6.07) is 4.99. The first kappa shape index (κ1) is 12.5. The quantitative estimate of drug-likeness (QED) is 0.818. The fourth-order valence-corrected chi connectivity index (χ4v) is 1.73. The molecule has 92 valence electrons. The molecule has 3 nitrogen and oxygen atoms in total. The number of carbonyl (C=O) groups is 1. The van der Waals surface area contributed by atoms with Gasteiger partial charge < -0.3 is 10.6 Å². The van der Waals surface area contributed by atoms with E-state index in [0.717, 1.165) is 6.54 Å². The lowest BCUT2D eigenvalue weighted by molar-refractivity contribution is 0.0953. The van der Waals surface area contributed by atoms with Crippen LogP contribution >= 0.6 is 15.9 Å². The number of benzene rings is 1. The van der Waals surface area contributed by atoms with Crippen molar-refractivity contribution in [1.82, 2.24) is 10.6 Å². The number of nitrogens with one attached hydrogen (secondary N) is 2. The monoisotopic (exact) mass is 300 g/mol. The molecule has 17 heavy (non-hydrogen) atoms. The van der Waals surface area contributed by atoms with Gasteiger partial charge in [0.25, 0.3) is 5.91 Å². The molecule has 0 heterocycles. The van der Waals surface area contributed by atoms with Crippen LogP contribution in [0.2, 0.25) is 0 Å². The third-order valence-electron chi connectivity index (χ3n) is 2.60. The van der Waals surface area contributed by atoms with Gasteiger partial charge in [0.2, 0.25) is 0 Å². The molecule has 1 aromatic carbocycles. The van der Waals surface area contributed by atoms with Crippen molar-refractivity contribution < 1.29 is 9.18 Å². The minimum Gasteiger partial charge on any atom is -0.351 e. The Bertz CT molecular complexity index is 421. The molecule has 2 rings (SSSR count). The number of hydrogen-bond donors (Lipinski definition) is 2. The Kier molecular flexibility index (Phi) is 4.12. The summed E-state index contributed by atoms with van der Waals surface area (Å²) in [6.07, 6.45) is 2.46. The smallest absolute Gasteiger partial charge is 0.251 e. The van der Waals surface area contributed by atoms with Crippen LogP contribution in [0, 0.1) is 5.82 Å². The SMILES string of the molecule is O=C(NCCNC1CC1)c1ccc(Br)c(F)c1. The van der Waals surface area contributed by atoms with Crippen LogP contribution in [0.4, 0.5) is 4.39 Å². The van der Waals surface area contributed by atoms with Gasteiger partial charge in [-0.25, -0.2) is 4.39 Å². The van der Waals surface area contributed by atoms with E-state index in [1.165, 1.54) is 25.0 Å². The third kappa shape index (κ3) is 3.78. The van der Waals surface area contributed by atoms with Crippen molar-refractivity contribution in [3.63, 3.8) is 0 Å². The Morgan fingerprint density at radius 3 is 2.82 bits per heavy atom. The van der Waals surface area contributed by atoms with Gasteiger partial charge in [-0.3, -0.25) is 4.79 Å². The number of rotatable bonds is 5. The molecule has 0 aliphatic heterocycles. The maximum Gasteiger partial charge on any atom is 0.251 e. The van der Waals surface area contributed by atoms with Gasteiger partial charge in [0.15, 0.2) is 0 Å². The van der Waals surface area contributed by atoms with Crippen LogP contribution in [0.1, 0.15) is 23.2 Å². The van der Waals surface area contributed by atoms with Crippen LogP contribution in [0.3, 0.4) is 0 Å². The molecule has 1 aliphatic rings. The predicted molar refractivity (Wildman–Crippen MR) is 67.5 cm³/mol. The van der Waals surface area contributed by atoms with E-state index in [2.05, 4.69) is 26.6 Å². The van der Waals surface area contributed by atoms with Crippen LogP contribution in [-0.4, -0.2) is 25.0 Å². The van der Waals surface area contributed by atoms with Crippen LogP contribution < -0.4 is 10.6 Å². The van der Waals surface area contributed by atoms with Crippen molar-refractivity contribution >= 4 is 21.8 Å². The van der Waals surface area contributed by atoms with Gasteiger partial charge in [-0.05, 0) is 47.0 Å². The van der Waals surface area contributed by atoms with E-state index >= 15 is 0 Å². The van der Waals surface area contributed by atoms with E-state index in [-0.39, 0.29) is 5.91 Å². The van der Waals surface area contributed by atoms with Crippen molar-refractivity contribution in [2.24, 2.45) is 0 Å². The molecule has 5 heteroatoms. The second-order valence-electron chi connectivity index (χ2n) is 4.11. The van der Waals surface area contributed by atoms with Gasteiger partial charge in [0, 0.05) is 24.7 Å². The van der Waals surface area contributed by atoms with Gasteiger partial charge in [-0.2, -0.15) is 0 Å².